The number of carbonyl (C=O) groups excluding carboxylic acids is 2. The van der Waals surface area contributed by atoms with Gasteiger partial charge in [0, 0.05) is 0 Å². The van der Waals surface area contributed by atoms with Gasteiger partial charge in [-0.3, -0.25) is 9.59 Å². The summed E-state index contributed by atoms with van der Waals surface area (Å²) in [4.78, 5) is 24.0. The van der Waals surface area contributed by atoms with Crippen LogP contribution in [0.25, 0.3) is 0 Å². The lowest BCUT2D eigenvalue weighted by atomic mass is 10.0. The van der Waals surface area contributed by atoms with E-state index in [2.05, 4.69) is 5.32 Å². The van der Waals surface area contributed by atoms with Gasteiger partial charge in [-0.15, -0.1) is 0 Å². The van der Waals surface area contributed by atoms with Crippen LogP contribution < -0.4 is 16.4 Å². The van der Waals surface area contributed by atoms with Gasteiger partial charge < -0.3 is 16.4 Å². The van der Waals surface area contributed by atoms with Crippen LogP contribution in [0.3, 0.4) is 0 Å². The quantitative estimate of drug-likeness (QED) is 0.704. The highest BCUT2D eigenvalue weighted by Gasteiger charge is 2.31. The van der Waals surface area contributed by atoms with Crippen molar-refractivity contribution in [3.05, 3.63) is 35.6 Å². The SMILES string of the molecule is CC(C)C(NC(=O)c1ccccc1F)C(=O)NCC(F)(F)CN. The fourth-order valence-electron chi connectivity index (χ4n) is 1.80. The molecule has 1 aromatic rings. The van der Waals surface area contributed by atoms with Crippen molar-refractivity contribution >= 4 is 11.8 Å². The number of nitrogens with two attached hydrogens (primary N) is 1. The van der Waals surface area contributed by atoms with E-state index in [9.17, 15) is 22.8 Å². The second kappa shape index (κ2) is 7.96. The molecule has 0 aliphatic rings. The lowest BCUT2D eigenvalue weighted by Gasteiger charge is -2.23. The Morgan fingerprint density at radius 3 is 2.39 bits per heavy atom. The standard InChI is InChI=1S/C15H20F3N3O2/c1-9(2)12(14(23)20-8-15(17,18)7-19)21-13(22)10-5-3-4-6-11(10)16/h3-6,9,12H,7-8,19H2,1-2H3,(H,20,23)(H,21,22). The second-order valence-electron chi connectivity index (χ2n) is 5.45. The van der Waals surface area contributed by atoms with Crippen LogP contribution in [0.4, 0.5) is 13.2 Å². The van der Waals surface area contributed by atoms with Crippen molar-refractivity contribution in [1.29, 1.82) is 0 Å². The molecule has 0 saturated heterocycles. The van der Waals surface area contributed by atoms with Crippen molar-refractivity contribution in [3.63, 3.8) is 0 Å². The summed E-state index contributed by atoms with van der Waals surface area (Å²) in [6.45, 7) is 1.43. The largest absolute Gasteiger partial charge is 0.348 e. The molecular weight excluding hydrogens is 311 g/mol. The van der Waals surface area contributed by atoms with Crippen LogP contribution in [0.5, 0.6) is 0 Å². The van der Waals surface area contributed by atoms with Crippen LogP contribution in [0.2, 0.25) is 0 Å². The minimum Gasteiger partial charge on any atom is -0.348 e. The fraction of sp³-hybridized carbons (Fsp3) is 0.467. The molecule has 0 spiro atoms. The summed E-state index contributed by atoms with van der Waals surface area (Å²) in [5, 5.41) is 4.41. The lowest BCUT2D eigenvalue weighted by molar-refractivity contribution is -0.125. The molecule has 0 fully saturated rings. The molecule has 0 radical (unpaired) electrons. The van der Waals surface area contributed by atoms with Gasteiger partial charge >= 0.3 is 0 Å². The van der Waals surface area contributed by atoms with Gasteiger partial charge in [-0.1, -0.05) is 26.0 Å². The number of nitrogens with one attached hydrogen (secondary N) is 2. The van der Waals surface area contributed by atoms with E-state index < -0.39 is 42.7 Å². The highest BCUT2D eigenvalue weighted by atomic mass is 19.3. The van der Waals surface area contributed by atoms with Crippen LogP contribution in [0, 0.1) is 11.7 Å². The molecule has 1 atom stereocenters. The van der Waals surface area contributed by atoms with Gasteiger partial charge in [0.2, 0.25) is 5.91 Å². The number of halogens is 3. The number of alkyl halides is 2. The van der Waals surface area contributed by atoms with E-state index in [0.717, 1.165) is 6.07 Å². The highest BCUT2D eigenvalue weighted by molar-refractivity contribution is 5.97. The van der Waals surface area contributed by atoms with Gasteiger partial charge in [-0.2, -0.15) is 0 Å². The maximum atomic E-state index is 13.6. The first-order valence-corrected chi connectivity index (χ1v) is 7.09. The zero-order chi connectivity index (χ0) is 17.6. The number of amides is 2. The lowest BCUT2D eigenvalue weighted by Crippen LogP contribution is -2.52. The molecule has 128 valence electrons. The van der Waals surface area contributed by atoms with Crippen molar-refractivity contribution in [3.8, 4) is 0 Å². The number of carbonyl (C=O) groups is 2. The Bertz CT molecular complexity index is 565. The van der Waals surface area contributed by atoms with Crippen LogP contribution >= 0.6 is 0 Å². The van der Waals surface area contributed by atoms with E-state index >= 15 is 0 Å². The van der Waals surface area contributed by atoms with E-state index in [-0.39, 0.29) is 11.5 Å². The summed E-state index contributed by atoms with van der Waals surface area (Å²) in [6.07, 6.45) is 0. The third-order valence-corrected chi connectivity index (χ3v) is 3.17. The Morgan fingerprint density at radius 1 is 1.26 bits per heavy atom. The van der Waals surface area contributed by atoms with Crippen molar-refractivity contribution in [2.24, 2.45) is 11.7 Å². The second-order valence-corrected chi connectivity index (χ2v) is 5.45. The van der Waals surface area contributed by atoms with Crippen molar-refractivity contribution in [1.82, 2.24) is 10.6 Å². The number of rotatable bonds is 7. The van der Waals surface area contributed by atoms with E-state index in [0.29, 0.717) is 0 Å². The molecule has 5 nitrogen and oxygen atoms in total. The average Bonchev–Trinajstić information content (AvgIpc) is 2.50. The van der Waals surface area contributed by atoms with Crippen molar-refractivity contribution in [2.45, 2.75) is 25.8 Å². The fourth-order valence-corrected chi connectivity index (χ4v) is 1.80. The van der Waals surface area contributed by atoms with Crippen LogP contribution in [-0.4, -0.2) is 36.9 Å². The summed E-state index contributed by atoms with van der Waals surface area (Å²) >= 11 is 0. The van der Waals surface area contributed by atoms with Gasteiger partial charge in [0.1, 0.15) is 11.9 Å². The van der Waals surface area contributed by atoms with E-state index in [1.54, 1.807) is 13.8 Å². The summed E-state index contributed by atoms with van der Waals surface area (Å²) in [7, 11) is 0. The van der Waals surface area contributed by atoms with Crippen LogP contribution in [0.15, 0.2) is 24.3 Å². The third-order valence-electron chi connectivity index (χ3n) is 3.17. The summed E-state index contributed by atoms with van der Waals surface area (Å²) < 4.78 is 39.7. The molecule has 0 saturated carbocycles. The Kier molecular flexibility index (Phi) is 6.56. The predicted molar refractivity (Wildman–Crippen MR) is 79.5 cm³/mol. The first-order chi connectivity index (χ1) is 10.7. The number of hydrogen-bond acceptors (Lipinski definition) is 3. The Hall–Kier alpha value is -2.09. The van der Waals surface area contributed by atoms with Gasteiger partial charge in [0.25, 0.3) is 11.8 Å². The first-order valence-electron chi connectivity index (χ1n) is 7.09. The minimum atomic E-state index is -3.23. The molecule has 2 amide bonds. The minimum absolute atomic E-state index is 0.224. The number of hydrogen-bond donors (Lipinski definition) is 3. The summed E-state index contributed by atoms with van der Waals surface area (Å²) in [6, 6.07) is 4.21. The van der Waals surface area contributed by atoms with Crippen molar-refractivity contribution < 1.29 is 22.8 Å². The smallest absolute Gasteiger partial charge is 0.277 e. The molecule has 1 unspecified atom stereocenters. The molecule has 8 heteroatoms. The van der Waals surface area contributed by atoms with Gasteiger partial charge in [0.05, 0.1) is 18.7 Å². The third kappa shape index (κ3) is 5.55. The Labute approximate surface area is 132 Å². The maximum absolute atomic E-state index is 13.6. The van der Waals surface area contributed by atoms with E-state index in [1.165, 1.54) is 18.2 Å². The highest BCUT2D eigenvalue weighted by Crippen LogP contribution is 2.11. The van der Waals surface area contributed by atoms with Crippen LogP contribution in [0.1, 0.15) is 24.2 Å². The molecule has 23 heavy (non-hydrogen) atoms. The number of benzene rings is 1. The van der Waals surface area contributed by atoms with Gasteiger partial charge in [-0.25, -0.2) is 13.2 Å². The first kappa shape index (κ1) is 19.0. The molecule has 0 heterocycles. The van der Waals surface area contributed by atoms with Crippen LogP contribution in [-0.2, 0) is 4.79 Å². The van der Waals surface area contributed by atoms with Gasteiger partial charge in [-0.05, 0) is 18.1 Å². The van der Waals surface area contributed by atoms with E-state index in [1.807, 2.05) is 5.32 Å². The molecule has 0 bridgehead atoms. The molecule has 0 aliphatic carbocycles. The Morgan fingerprint density at radius 2 is 1.87 bits per heavy atom. The molecular formula is C15H20F3N3O2. The molecule has 0 aliphatic heterocycles. The average molecular weight is 331 g/mol. The monoisotopic (exact) mass is 331 g/mol. The van der Waals surface area contributed by atoms with Crippen molar-refractivity contribution in [2.75, 3.05) is 13.1 Å². The van der Waals surface area contributed by atoms with E-state index in [4.69, 9.17) is 5.73 Å². The maximum Gasteiger partial charge on any atom is 0.277 e. The summed E-state index contributed by atoms with van der Waals surface area (Å²) in [5.41, 5.74) is 4.67. The zero-order valence-electron chi connectivity index (χ0n) is 12.9. The summed E-state index contributed by atoms with van der Waals surface area (Å²) in [5.74, 6) is -5.91. The molecule has 1 aromatic carbocycles. The molecule has 0 aromatic heterocycles. The molecule has 1 rings (SSSR count). The molecule has 4 N–H and O–H groups in total. The predicted octanol–water partition coefficient (Wildman–Crippen LogP) is 1.29. The Balaban J connectivity index is 2.77. The van der Waals surface area contributed by atoms with Gasteiger partial charge in [0.15, 0.2) is 0 Å². The normalized spacial score (nSPS) is 12.8. The zero-order valence-corrected chi connectivity index (χ0v) is 12.9. The topological polar surface area (TPSA) is 84.2 Å².